The fourth-order valence-corrected chi connectivity index (χ4v) is 3.64. The number of carbonyl (C=O) groups excluding carboxylic acids is 1. The lowest BCUT2D eigenvalue weighted by Crippen LogP contribution is -2.23. The molecule has 28 heavy (non-hydrogen) atoms. The lowest BCUT2D eigenvalue weighted by molar-refractivity contribution is -0.116. The minimum Gasteiger partial charge on any atom is -0.300 e. The van der Waals surface area contributed by atoms with E-state index in [1.807, 2.05) is 49.4 Å². The molecule has 0 bridgehead atoms. The van der Waals surface area contributed by atoms with E-state index in [4.69, 9.17) is 0 Å². The van der Waals surface area contributed by atoms with Crippen molar-refractivity contribution in [1.29, 1.82) is 0 Å². The van der Waals surface area contributed by atoms with Gasteiger partial charge < -0.3 is 5.32 Å². The first-order valence-electron chi connectivity index (χ1n) is 8.75. The molecule has 0 saturated heterocycles. The van der Waals surface area contributed by atoms with Crippen LogP contribution in [0.3, 0.4) is 0 Å². The van der Waals surface area contributed by atoms with Crippen molar-refractivity contribution in [3.05, 3.63) is 70.8 Å². The molecular weight excluding hydrogens is 374 g/mol. The van der Waals surface area contributed by atoms with E-state index in [2.05, 4.69) is 20.5 Å². The first-order chi connectivity index (χ1) is 13.6. The normalized spacial score (nSPS) is 10.9. The van der Waals surface area contributed by atoms with Gasteiger partial charge >= 0.3 is 0 Å². The molecule has 140 valence electrons. The number of aromatic nitrogens is 4. The number of hydrogen-bond acceptors (Lipinski definition) is 6. The zero-order chi connectivity index (χ0) is 19.5. The summed E-state index contributed by atoms with van der Waals surface area (Å²) in [6.45, 7) is 2.16. The molecular formula is C20H17N5O2S. The molecule has 0 aliphatic heterocycles. The van der Waals surface area contributed by atoms with Gasteiger partial charge in [-0.3, -0.25) is 14.2 Å². The monoisotopic (exact) mass is 391 g/mol. The summed E-state index contributed by atoms with van der Waals surface area (Å²) in [4.78, 5) is 29.2. The number of rotatable bonds is 5. The average molecular weight is 391 g/mol. The minimum atomic E-state index is -0.230. The van der Waals surface area contributed by atoms with E-state index in [-0.39, 0.29) is 24.4 Å². The molecule has 1 N–H and O–H groups in total. The van der Waals surface area contributed by atoms with Crippen LogP contribution in [0.2, 0.25) is 0 Å². The van der Waals surface area contributed by atoms with E-state index in [0.29, 0.717) is 16.0 Å². The number of aryl methyl sites for hydroxylation is 2. The predicted molar refractivity (Wildman–Crippen MR) is 109 cm³/mol. The quantitative estimate of drug-likeness (QED) is 0.564. The summed E-state index contributed by atoms with van der Waals surface area (Å²) >= 11 is 1.31. The number of hydrogen-bond donors (Lipinski definition) is 1. The zero-order valence-corrected chi connectivity index (χ0v) is 15.9. The molecule has 2 aromatic carbocycles. The van der Waals surface area contributed by atoms with Crippen LogP contribution in [0.5, 0.6) is 0 Å². The highest BCUT2D eigenvalue weighted by Crippen LogP contribution is 2.25. The van der Waals surface area contributed by atoms with Crippen LogP contribution in [0.25, 0.3) is 21.5 Å². The number of fused-ring (bicyclic) bond motifs is 1. The van der Waals surface area contributed by atoms with Crippen LogP contribution in [0, 0.1) is 6.92 Å². The Hall–Kier alpha value is -3.39. The Morgan fingerprint density at radius 2 is 1.93 bits per heavy atom. The molecule has 1 amide bonds. The smallest absolute Gasteiger partial charge is 0.261 e. The van der Waals surface area contributed by atoms with Crippen LogP contribution in [-0.4, -0.2) is 25.7 Å². The van der Waals surface area contributed by atoms with E-state index in [1.165, 1.54) is 22.2 Å². The van der Waals surface area contributed by atoms with Gasteiger partial charge in [0.1, 0.15) is 5.01 Å². The van der Waals surface area contributed by atoms with E-state index >= 15 is 0 Å². The topological polar surface area (TPSA) is 89.8 Å². The van der Waals surface area contributed by atoms with E-state index in [1.54, 1.807) is 6.07 Å². The lowest BCUT2D eigenvalue weighted by atomic mass is 10.1. The lowest BCUT2D eigenvalue weighted by Gasteiger charge is -2.07. The molecule has 0 aliphatic rings. The highest BCUT2D eigenvalue weighted by atomic mass is 32.1. The number of carbonyl (C=O) groups is 1. The van der Waals surface area contributed by atoms with Crippen molar-refractivity contribution in [2.24, 2.45) is 0 Å². The van der Waals surface area contributed by atoms with Crippen molar-refractivity contribution in [3.8, 4) is 10.6 Å². The van der Waals surface area contributed by atoms with Crippen molar-refractivity contribution in [2.45, 2.75) is 19.9 Å². The number of benzene rings is 2. The van der Waals surface area contributed by atoms with Crippen molar-refractivity contribution in [3.63, 3.8) is 0 Å². The van der Waals surface area contributed by atoms with Gasteiger partial charge in [-0.05, 0) is 18.6 Å². The molecule has 0 fully saturated rings. The second-order valence-electron chi connectivity index (χ2n) is 6.29. The summed E-state index contributed by atoms with van der Waals surface area (Å²) in [6, 6.07) is 15.1. The summed E-state index contributed by atoms with van der Waals surface area (Å²) in [7, 11) is 0. The van der Waals surface area contributed by atoms with Crippen LogP contribution in [-0.2, 0) is 11.3 Å². The molecule has 0 unspecified atom stereocenters. The van der Waals surface area contributed by atoms with Gasteiger partial charge in [-0.2, -0.15) is 0 Å². The summed E-state index contributed by atoms with van der Waals surface area (Å²) in [5.74, 6) is -0.230. The van der Waals surface area contributed by atoms with Crippen LogP contribution < -0.4 is 10.9 Å². The molecule has 4 aromatic rings. The fourth-order valence-electron chi connectivity index (χ4n) is 2.87. The summed E-state index contributed by atoms with van der Waals surface area (Å²) in [5, 5.41) is 12.6. The first kappa shape index (κ1) is 18.0. The summed E-state index contributed by atoms with van der Waals surface area (Å²) in [6.07, 6.45) is 1.63. The van der Waals surface area contributed by atoms with Gasteiger partial charge in [-0.15, -0.1) is 10.2 Å². The van der Waals surface area contributed by atoms with Crippen LogP contribution >= 0.6 is 11.3 Å². The number of nitrogens with zero attached hydrogens (tertiary/aromatic N) is 4. The average Bonchev–Trinajstić information content (AvgIpc) is 3.17. The van der Waals surface area contributed by atoms with E-state index in [9.17, 15) is 9.59 Å². The minimum absolute atomic E-state index is 0.138. The Bertz CT molecular complexity index is 1200. The van der Waals surface area contributed by atoms with Gasteiger partial charge in [0.2, 0.25) is 11.0 Å². The van der Waals surface area contributed by atoms with Gasteiger partial charge in [0.15, 0.2) is 0 Å². The first-order valence-corrected chi connectivity index (χ1v) is 9.57. The van der Waals surface area contributed by atoms with Crippen molar-refractivity contribution < 1.29 is 4.79 Å². The predicted octanol–water partition coefficient (Wildman–Crippen LogP) is 3.25. The molecule has 0 saturated carbocycles. The molecule has 0 atom stereocenters. The molecule has 0 aliphatic carbocycles. The van der Waals surface area contributed by atoms with Crippen LogP contribution in [0.4, 0.5) is 5.13 Å². The van der Waals surface area contributed by atoms with Gasteiger partial charge in [0.05, 0.1) is 17.2 Å². The van der Waals surface area contributed by atoms with Gasteiger partial charge in [0.25, 0.3) is 5.56 Å². The zero-order valence-electron chi connectivity index (χ0n) is 15.1. The third kappa shape index (κ3) is 3.67. The maximum absolute atomic E-state index is 12.6. The third-order valence-electron chi connectivity index (χ3n) is 4.33. The maximum atomic E-state index is 12.6. The molecule has 7 nitrogen and oxygen atoms in total. The highest BCUT2D eigenvalue weighted by molar-refractivity contribution is 7.18. The number of anilines is 1. The Balaban J connectivity index is 1.43. The molecule has 2 aromatic heterocycles. The molecule has 4 rings (SSSR count). The second-order valence-corrected chi connectivity index (χ2v) is 7.27. The van der Waals surface area contributed by atoms with Crippen molar-refractivity contribution in [2.75, 3.05) is 5.32 Å². The molecule has 0 spiro atoms. The second kappa shape index (κ2) is 7.69. The van der Waals surface area contributed by atoms with E-state index < -0.39 is 0 Å². The number of amides is 1. The Morgan fingerprint density at radius 1 is 1.11 bits per heavy atom. The van der Waals surface area contributed by atoms with Crippen molar-refractivity contribution >= 4 is 33.3 Å². The van der Waals surface area contributed by atoms with Gasteiger partial charge in [-0.25, -0.2) is 4.98 Å². The van der Waals surface area contributed by atoms with E-state index in [0.717, 1.165) is 16.1 Å². The van der Waals surface area contributed by atoms with Gasteiger partial charge in [-0.1, -0.05) is 53.8 Å². The molecule has 8 heteroatoms. The van der Waals surface area contributed by atoms with Gasteiger partial charge in [0, 0.05) is 18.5 Å². The third-order valence-corrected chi connectivity index (χ3v) is 5.21. The SMILES string of the molecule is Cc1cccc2c(=O)n(CCC(=O)Nc3nnc(-c4ccccc4)s3)cnc12. The summed E-state index contributed by atoms with van der Waals surface area (Å²) in [5.41, 5.74) is 2.44. The molecule has 0 radical (unpaired) electrons. The maximum Gasteiger partial charge on any atom is 0.261 e. The fraction of sp³-hybridized carbons (Fsp3) is 0.150. The number of nitrogens with one attached hydrogen (secondary N) is 1. The standard InChI is InChI=1S/C20H17N5O2S/c1-13-6-5-9-15-17(13)21-12-25(19(15)27)11-10-16(26)22-20-24-23-18(28-20)14-7-3-2-4-8-14/h2-9,12H,10-11H2,1H3,(H,22,24,26). The largest absolute Gasteiger partial charge is 0.300 e. The molecule has 2 heterocycles. The Kier molecular flexibility index (Phi) is 4.94. The van der Waals surface area contributed by atoms with Crippen molar-refractivity contribution in [1.82, 2.24) is 19.7 Å². The summed E-state index contributed by atoms with van der Waals surface area (Å²) < 4.78 is 1.46. The Morgan fingerprint density at radius 3 is 2.75 bits per heavy atom. The number of para-hydroxylation sites is 1. The highest BCUT2D eigenvalue weighted by Gasteiger charge is 2.11. The van der Waals surface area contributed by atoms with Crippen LogP contribution in [0.1, 0.15) is 12.0 Å². The Labute approximate surface area is 164 Å². The van der Waals surface area contributed by atoms with Crippen LogP contribution in [0.15, 0.2) is 59.7 Å².